The zero-order valence-corrected chi connectivity index (χ0v) is 18.6. The first-order valence-electron chi connectivity index (χ1n) is 10.7. The van der Waals surface area contributed by atoms with Crippen LogP contribution in [0.1, 0.15) is 21.5 Å². The number of rotatable bonds is 8. The molecule has 33 heavy (non-hydrogen) atoms. The minimum Gasteiger partial charge on any atom is -0.354 e. The summed E-state index contributed by atoms with van der Waals surface area (Å²) in [6.45, 7) is 1.10. The molecule has 0 bridgehead atoms. The molecule has 0 saturated heterocycles. The van der Waals surface area contributed by atoms with Crippen LogP contribution in [0.3, 0.4) is 0 Å². The van der Waals surface area contributed by atoms with E-state index in [1.165, 1.54) is 0 Å². The summed E-state index contributed by atoms with van der Waals surface area (Å²) in [4.78, 5) is 32.4. The van der Waals surface area contributed by atoms with Crippen LogP contribution in [-0.2, 0) is 9.63 Å². The second-order valence-corrected chi connectivity index (χ2v) is 7.90. The first-order chi connectivity index (χ1) is 16.0. The number of anilines is 2. The highest BCUT2D eigenvalue weighted by Gasteiger charge is 2.28. The van der Waals surface area contributed by atoms with Gasteiger partial charge < -0.3 is 15.5 Å². The fourth-order valence-electron chi connectivity index (χ4n) is 3.50. The topological polar surface area (TPSA) is 82.7 Å². The molecule has 1 aliphatic heterocycles. The minimum atomic E-state index is -0.314. The Balaban J connectivity index is 1.57. The fraction of sp³-hybridized carbons (Fsp3) is 0.154. The van der Waals surface area contributed by atoms with Gasteiger partial charge in [0.25, 0.3) is 11.8 Å². The third-order valence-corrected chi connectivity index (χ3v) is 5.21. The molecule has 3 aromatic carbocycles. The molecule has 0 fully saturated rings. The number of carbonyl (C=O) groups excluding carboxylic acids is 2. The van der Waals surface area contributed by atoms with E-state index in [-0.39, 0.29) is 11.8 Å². The van der Waals surface area contributed by atoms with Crippen molar-refractivity contribution in [2.75, 3.05) is 37.9 Å². The van der Waals surface area contributed by atoms with Gasteiger partial charge in [0.1, 0.15) is 0 Å². The van der Waals surface area contributed by atoms with Crippen LogP contribution in [0.2, 0.25) is 0 Å². The molecule has 2 amide bonds. The van der Waals surface area contributed by atoms with Gasteiger partial charge in [0.2, 0.25) is 0 Å². The second kappa shape index (κ2) is 10.1. The van der Waals surface area contributed by atoms with E-state index in [9.17, 15) is 9.59 Å². The SMILES string of the molecule is CN(C)CCONC(=O)c1ccc(NC(=C2C(=O)Nc3ccccc32)c2ccccc2)cc1. The predicted molar refractivity (Wildman–Crippen MR) is 130 cm³/mol. The summed E-state index contributed by atoms with van der Waals surface area (Å²) < 4.78 is 0. The Morgan fingerprint density at radius 2 is 1.61 bits per heavy atom. The molecule has 0 saturated carbocycles. The Bertz CT molecular complexity index is 1170. The summed E-state index contributed by atoms with van der Waals surface area (Å²) in [5, 5.41) is 6.32. The number of hydrogen-bond donors (Lipinski definition) is 3. The van der Waals surface area contributed by atoms with Gasteiger partial charge in [-0.3, -0.25) is 14.4 Å². The normalized spacial score (nSPS) is 14.0. The van der Waals surface area contributed by atoms with Crippen molar-refractivity contribution in [2.45, 2.75) is 0 Å². The zero-order valence-electron chi connectivity index (χ0n) is 18.6. The molecule has 3 N–H and O–H groups in total. The highest BCUT2D eigenvalue weighted by molar-refractivity contribution is 6.37. The molecule has 168 valence electrons. The number of nitrogens with zero attached hydrogens (tertiary/aromatic N) is 1. The molecule has 0 unspecified atom stereocenters. The highest BCUT2D eigenvalue weighted by Crippen LogP contribution is 2.37. The highest BCUT2D eigenvalue weighted by atomic mass is 16.6. The molecule has 1 heterocycles. The third-order valence-electron chi connectivity index (χ3n) is 5.21. The summed E-state index contributed by atoms with van der Waals surface area (Å²) in [6.07, 6.45) is 0. The van der Waals surface area contributed by atoms with E-state index >= 15 is 0 Å². The summed E-state index contributed by atoms with van der Waals surface area (Å²) in [5.41, 5.74) is 7.47. The Hall–Kier alpha value is -3.94. The van der Waals surface area contributed by atoms with Crippen molar-refractivity contribution < 1.29 is 14.4 Å². The van der Waals surface area contributed by atoms with E-state index < -0.39 is 0 Å². The number of hydroxylamine groups is 1. The molecule has 3 aromatic rings. The maximum Gasteiger partial charge on any atom is 0.274 e. The van der Waals surface area contributed by atoms with Gasteiger partial charge in [-0.25, -0.2) is 5.48 Å². The number of hydrogen-bond acceptors (Lipinski definition) is 5. The first-order valence-corrected chi connectivity index (χ1v) is 10.7. The number of likely N-dealkylation sites (N-methyl/N-ethyl adjacent to an activating group) is 1. The van der Waals surface area contributed by atoms with Crippen LogP contribution in [0.25, 0.3) is 11.3 Å². The Kier molecular flexibility index (Phi) is 6.83. The van der Waals surface area contributed by atoms with Gasteiger partial charge in [-0.2, -0.15) is 0 Å². The van der Waals surface area contributed by atoms with E-state index in [0.29, 0.717) is 30.0 Å². The molecule has 1 aliphatic rings. The molecule has 0 radical (unpaired) electrons. The molecule has 7 heteroatoms. The van der Waals surface area contributed by atoms with Gasteiger partial charge in [0.15, 0.2) is 0 Å². The summed E-state index contributed by atoms with van der Waals surface area (Å²) in [5.74, 6) is -0.473. The first kappa shape index (κ1) is 22.3. The van der Waals surface area contributed by atoms with E-state index in [1.54, 1.807) is 24.3 Å². The van der Waals surface area contributed by atoms with Crippen LogP contribution in [0.4, 0.5) is 11.4 Å². The summed E-state index contributed by atoms with van der Waals surface area (Å²) >= 11 is 0. The van der Waals surface area contributed by atoms with Crippen LogP contribution in [0.5, 0.6) is 0 Å². The van der Waals surface area contributed by atoms with E-state index in [4.69, 9.17) is 4.84 Å². The Morgan fingerprint density at radius 3 is 2.33 bits per heavy atom. The number of para-hydroxylation sites is 1. The quantitative estimate of drug-likeness (QED) is 0.281. The molecular formula is C26H26N4O3. The molecule has 7 nitrogen and oxygen atoms in total. The van der Waals surface area contributed by atoms with Gasteiger partial charge in [-0.1, -0.05) is 48.5 Å². The van der Waals surface area contributed by atoms with Crippen molar-refractivity contribution in [3.05, 3.63) is 95.6 Å². The molecule has 0 aromatic heterocycles. The van der Waals surface area contributed by atoms with Crippen molar-refractivity contribution in [1.29, 1.82) is 0 Å². The van der Waals surface area contributed by atoms with E-state index in [2.05, 4.69) is 16.1 Å². The van der Waals surface area contributed by atoms with Crippen LogP contribution in [0, 0.1) is 0 Å². The minimum absolute atomic E-state index is 0.159. The van der Waals surface area contributed by atoms with Crippen LogP contribution in [-0.4, -0.2) is 44.0 Å². The predicted octanol–water partition coefficient (Wildman–Crippen LogP) is 3.84. The lowest BCUT2D eigenvalue weighted by atomic mass is 10.00. The monoisotopic (exact) mass is 442 g/mol. The van der Waals surface area contributed by atoms with Crippen molar-refractivity contribution in [3.63, 3.8) is 0 Å². The third kappa shape index (κ3) is 5.28. The number of amides is 2. The van der Waals surface area contributed by atoms with Crippen molar-refractivity contribution in [1.82, 2.24) is 10.4 Å². The van der Waals surface area contributed by atoms with Crippen molar-refractivity contribution >= 4 is 34.5 Å². The molecule has 0 atom stereocenters. The van der Waals surface area contributed by atoms with Crippen molar-refractivity contribution in [2.24, 2.45) is 0 Å². The lowest BCUT2D eigenvalue weighted by molar-refractivity contribution is -0.110. The molecule has 0 aliphatic carbocycles. The van der Waals surface area contributed by atoms with Gasteiger partial charge in [-0.15, -0.1) is 0 Å². The van der Waals surface area contributed by atoms with Gasteiger partial charge in [0, 0.05) is 29.0 Å². The standard InChI is InChI=1S/C26H26N4O3/c1-30(2)16-17-33-29-25(31)19-12-14-20(15-13-19)27-24(18-8-4-3-5-9-18)23-21-10-6-7-11-22(21)28-26(23)32/h3-15,27H,16-17H2,1-2H3,(H,28,32)(H,29,31). The van der Waals surface area contributed by atoms with Crippen LogP contribution >= 0.6 is 0 Å². The molecule has 0 spiro atoms. The largest absolute Gasteiger partial charge is 0.354 e. The van der Waals surface area contributed by atoms with Crippen molar-refractivity contribution in [3.8, 4) is 0 Å². The average molecular weight is 443 g/mol. The van der Waals surface area contributed by atoms with Crippen LogP contribution < -0.4 is 16.1 Å². The summed E-state index contributed by atoms with van der Waals surface area (Å²) in [6, 6.07) is 24.4. The number of carbonyl (C=O) groups is 2. The van der Waals surface area contributed by atoms with Gasteiger partial charge in [0.05, 0.1) is 17.9 Å². The molecule has 4 rings (SSSR count). The Morgan fingerprint density at radius 1 is 0.909 bits per heavy atom. The van der Waals surface area contributed by atoms with Crippen LogP contribution in [0.15, 0.2) is 78.9 Å². The number of fused-ring (bicyclic) bond motifs is 1. The number of benzene rings is 3. The zero-order chi connectivity index (χ0) is 23.2. The smallest absolute Gasteiger partial charge is 0.274 e. The van der Waals surface area contributed by atoms with E-state index in [1.807, 2.05) is 73.6 Å². The number of nitrogens with one attached hydrogen (secondary N) is 3. The maximum absolute atomic E-state index is 12.9. The van der Waals surface area contributed by atoms with E-state index in [0.717, 1.165) is 22.5 Å². The lowest BCUT2D eigenvalue weighted by Crippen LogP contribution is -2.28. The van der Waals surface area contributed by atoms with Gasteiger partial charge >= 0.3 is 0 Å². The van der Waals surface area contributed by atoms with Gasteiger partial charge in [-0.05, 0) is 50.0 Å². The fourth-order valence-corrected chi connectivity index (χ4v) is 3.50. The maximum atomic E-state index is 12.9. The lowest BCUT2D eigenvalue weighted by Gasteiger charge is -2.15. The second-order valence-electron chi connectivity index (χ2n) is 7.90. The Labute approximate surface area is 193 Å². The molecular weight excluding hydrogens is 416 g/mol. The average Bonchev–Trinajstić information content (AvgIpc) is 3.16. The summed E-state index contributed by atoms with van der Waals surface area (Å²) in [7, 11) is 3.87.